The van der Waals surface area contributed by atoms with Gasteiger partial charge >= 0.3 is 0 Å². The third kappa shape index (κ3) is 4.80. The Balaban J connectivity index is 0.00000144. The Bertz CT molecular complexity index is 1050. The molecule has 1 amide bonds. The molecular weight excluding hydrogens is 443 g/mol. The number of carbonyl (C=O) groups is 1. The van der Waals surface area contributed by atoms with Crippen LogP contribution >= 0.6 is 24.8 Å². The number of benzene rings is 2. The average Bonchev–Trinajstić information content (AvgIpc) is 3.42. The van der Waals surface area contributed by atoms with Crippen LogP contribution in [0.2, 0.25) is 0 Å². The van der Waals surface area contributed by atoms with Crippen molar-refractivity contribution in [3.8, 4) is 0 Å². The highest BCUT2D eigenvalue weighted by Crippen LogP contribution is 2.30. The second-order valence-electron chi connectivity index (χ2n) is 8.80. The summed E-state index contributed by atoms with van der Waals surface area (Å²) in [5.41, 5.74) is 4.34. The fraction of sp³-hybridized carbons (Fsp3) is 0.440. The molecule has 0 saturated carbocycles. The van der Waals surface area contributed by atoms with E-state index >= 15 is 0 Å². The van der Waals surface area contributed by atoms with Crippen molar-refractivity contribution in [1.29, 1.82) is 0 Å². The molecule has 0 aliphatic carbocycles. The van der Waals surface area contributed by atoms with Crippen LogP contribution in [0.3, 0.4) is 0 Å². The average molecular weight is 475 g/mol. The number of rotatable bonds is 4. The molecule has 0 radical (unpaired) electrons. The second-order valence-corrected chi connectivity index (χ2v) is 8.80. The van der Waals surface area contributed by atoms with Gasteiger partial charge in [-0.05, 0) is 68.5 Å². The highest BCUT2D eigenvalue weighted by atomic mass is 35.5. The van der Waals surface area contributed by atoms with E-state index in [2.05, 4.69) is 47.3 Å². The van der Waals surface area contributed by atoms with Crippen molar-refractivity contribution in [3.05, 3.63) is 65.5 Å². The van der Waals surface area contributed by atoms with Gasteiger partial charge in [0.25, 0.3) is 5.91 Å². The lowest BCUT2D eigenvalue weighted by Gasteiger charge is -2.32. The van der Waals surface area contributed by atoms with Gasteiger partial charge in [-0.1, -0.05) is 30.3 Å². The Morgan fingerprint density at radius 1 is 1.03 bits per heavy atom. The lowest BCUT2D eigenvalue weighted by Crippen LogP contribution is -2.38. The number of nitrogens with zero attached hydrogens (tertiary/aromatic N) is 3. The number of hydrogen-bond acceptors (Lipinski definition) is 3. The van der Waals surface area contributed by atoms with Gasteiger partial charge in [-0.15, -0.1) is 24.8 Å². The molecule has 0 bridgehead atoms. The first-order chi connectivity index (χ1) is 14.7. The summed E-state index contributed by atoms with van der Waals surface area (Å²) in [5.74, 6) is 2.39. The molecule has 3 heterocycles. The number of nitrogens with one attached hydrogen (secondary N) is 1. The van der Waals surface area contributed by atoms with Crippen molar-refractivity contribution in [1.82, 2.24) is 19.8 Å². The predicted octanol–water partition coefficient (Wildman–Crippen LogP) is 4.59. The lowest BCUT2D eigenvalue weighted by atomic mass is 9.92. The van der Waals surface area contributed by atoms with Gasteiger partial charge in [0.1, 0.15) is 5.82 Å². The topological polar surface area (TPSA) is 50.2 Å². The van der Waals surface area contributed by atoms with Crippen LogP contribution in [0, 0.1) is 5.92 Å². The highest BCUT2D eigenvalue weighted by molar-refractivity contribution is 5.95. The van der Waals surface area contributed by atoms with E-state index in [1.54, 1.807) is 0 Å². The van der Waals surface area contributed by atoms with Gasteiger partial charge in [0.15, 0.2) is 0 Å². The molecule has 5 rings (SSSR count). The number of para-hydroxylation sites is 2. The third-order valence-electron chi connectivity index (χ3n) is 6.89. The van der Waals surface area contributed by atoms with E-state index in [9.17, 15) is 4.79 Å². The van der Waals surface area contributed by atoms with E-state index < -0.39 is 0 Å². The molecule has 3 aromatic rings. The molecule has 2 aliphatic heterocycles. The number of aryl methyl sites for hydroxylation is 1. The molecule has 1 unspecified atom stereocenters. The number of imidazole rings is 1. The smallest absolute Gasteiger partial charge is 0.254 e. The molecule has 7 heteroatoms. The minimum Gasteiger partial charge on any atom is -0.339 e. The fourth-order valence-corrected chi connectivity index (χ4v) is 5.15. The van der Waals surface area contributed by atoms with Gasteiger partial charge in [-0.25, -0.2) is 4.98 Å². The maximum absolute atomic E-state index is 13.3. The first kappa shape index (κ1) is 24.6. The zero-order valence-corrected chi connectivity index (χ0v) is 20.1. The van der Waals surface area contributed by atoms with Crippen molar-refractivity contribution in [2.45, 2.75) is 31.6 Å². The molecular formula is C25H32Cl2N4O. The molecule has 0 spiro atoms. The summed E-state index contributed by atoms with van der Waals surface area (Å²) >= 11 is 0. The van der Waals surface area contributed by atoms with E-state index in [0.717, 1.165) is 62.3 Å². The van der Waals surface area contributed by atoms with Crippen molar-refractivity contribution >= 4 is 41.8 Å². The van der Waals surface area contributed by atoms with Crippen LogP contribution in [0.5, 0.6) is 0 Å². The SMILES string of the molecule is Cl.Cl.Cn1c(C2CCN(C(=O)c3ccccc3CC3CCNC3)CC2)nc2ccccc21. The molecule has 1 atom stereocenters. The number of fused-ring (bicyclic) bond motifs is 1. The van der Waals surface area contributed by atoms with E-state index in [1.165, 1.54) is 17.5 Å². The number of carbonyl (C=O) groups excluding carboxylic acids is 1. The number of piperidine rings is 1. The van der Waals surface area contributed by atoms with Crippen LogP contribution in [0.1, 0.15) is 46.9 Å². The number of aromatic nitrogens is 2. The van der Waals surface area contributed by atoms with Crippen LogP contribution in [0.15, 0.2) is 48.5 Å². The van der Waals surface area contributed by atoms with E-state index in [4.69, 9.17) is 4.98 Å². The Hall–Kier alpha value is -2.08. The maximum Gasteiger partial charge on any atom is 0.254 e. The minimum absolute atomic E-state index is 0. The van der Waals surface area contributed by atoms with Crippen LogP contribution in [0.4, 0.5) is 0 Å². The molecule has 32 heavy (non-hydrogen) atoms. The van der Waals surface area contributed by atoms with Crippen molar-refractivity contribution in [3.63, 3.8) is 0 Å². The lowest BCUT2D eigenvalue weighted by molar-refractivity contribution is 0.0709. The Labute approximate surface area is 202 Å². The van der Waals surface area contributed by atoms with Gasteiger partial charge in [-0.3, -0.25) is 4.79 Å². The Kier molecular flexibility index (Phi) is 8.21. The molecule has 2 aromatic carbocycles. The summed E-state index contributed by atoms with van der Waals surface area (Å²) in [6, 6.07) is 16.5. The van der Waals surface area contributed by atoms with Gasteiger partial charge < -0.3 is 14.8 Å². The summed E-state index contributed by atoms with van der Waals surface area (Å²) in [6.07, 6.45) is 4.13. The standard InChI is InChI=1S/C25H30N4O.2ClH/c1-28-23-9-5-4-8-22(23)27-24(28)19-11-14-29(15-12-19)25(30)21-7-3-2-6-20(21)16-18-10-13-26-17-18;;/h2-9,18-19,26H,10-17H2,1H3;2*1H. The second kappa shape index (κ2) is 10.7. The molecule has 5 nitrogen and oxygen atoms in total. The Morgan fingerprint density at radius 3 is 2.47 bits per heavy atom. The quantitative estimate of drug-likeness (QED) is 0.601. The first-order valence-electron chi connectivity index (χ1n) is 11.2. The molecule has 1 aromatic heterocycles. The summed E-state index contributed by atoms with van der Waals surface area (Å²) in [6.45, 7) is 3.75. The van der Waals surface area contributed by atoms with Crippen molar-refractivity contribution in [2.75, 3.05) is 26.2 Å². The molecule has 2 saturated heterocycles. The van der Waals surface area contributed by atoms with Crippen LogP contribution in [-0.2, 0) is 13.5 Å². The first-order valence-corrected chi connectivity index (χ1v) is 11.2. The summed E-state index contributed by atoms with van der Waals surface area (Å²) < 4.78 is 2.22. The maximum atomic E-state index is 13.3. The van der Waals surface area contributed by atoms with Crippen molar-refractivity contribution < 1.29 is 4.79 Å². The van der Waals surface area contributed by atoms with E-state index in [0.29, 0.717) is 11.8 Å². The monoisotopic (exact) mass is 474 g/mol. The summed E-state index contributed by atoms with van der Waals surface area (Å²) in [5, 5.41) is 3.44. The third-order valence-corrected chi connectivity index (χ3v) is 6.89. The number of halogens is 2. The largest absolute Gasteiger partial charge is 0.339 e. The number of likely N-dealkylation sites (tertiary alicyclic amines) is 1. The minimum atomic E-state index is 0. The highest BCUT2D eigenvalue weighted by Gasteiger charge is 2.28. The fourth-order valence-electron chi connectivity index (χ4n) is 5.15. The van der Waals surface area contributed by atoms with Crippen LogP contribution in [0.25, 0.3) is 11.0 Å². The number of hydrogen-bond donors (Lipinski definition) is 1. The molecule has 2 aliphatic rings. The van der Waals surface area contributed by atoms with E-state index in [-0.39, 0.29) is 30.7 Å². The van der Waals surface area contributed by atoms with E-state index in [1.807, 2.05) is 23.1 Å². The molecule has 2 fully saturated rings. The van der Waals surface area contributed by atoms with Crippen molar-refractivity contribution in [2.24, 2.45) is 13.0 Å². The zero-order chi connectivity index (χ0) is 20.5. The van der Waals surface area contributed by atoms with Gasteiger partial charge in [0, 0.05) is 31.6 Å². The Morgan fingerprint density at radius 2 is 1.75 bits per heavy atom. The van der Waals surface area contributed by atoms with Crippen LogP contribution < -0.4 is 5.32 Å². The number of amides is 1. The summed E-state index contributed by atoms with van der Waals surface area (Å²) in [7, 11) is 2.11. The molecule has 172 valence electrons. The van der Waals surface area contributed by atoms with Gasteiger partial charge in [0.05, 0.1) is 11.0 Å². The zero-order valence-electron chi connectivity index (χ0n) is 18.5. The van der Waals surface area contributed by atoms with Crippen LogP contribution in [-0.4, -0.2) is 46.5 Å². The van der Waals surface area contributed by atoms with Gasteiger partial charge in [0.2, 0.25) is 0 Å². The normalized spacial score (nSPS) is 18.9. The predicted molar refractivity (Wildman–Crippen MR) is 134 cm³/mol. The van der Waals surface area contributed by atoms with Gasteiger partial charge in [-0.2, -0.15) is 0 Å². The summed E-state index contributed by atoms with van der Waals surface area (Å²) in [4.78, 5) is 20.3. The molecule has 1 N–H and O–H groups in total.